The normalized spacial score (nSPS) is 15.7. The molecule has 0 radical (unpaired) electrons. The summed E-state index contributed by atoms with van der Waals surface area (Å²) in [6.45, 7) is 9.34. The van der Waals surface area contributed by atoms with Crippen LogP contribution in [0.1, 0.15) is 127 Å². The first-order valence-electron chi connectivity index (χ1n) is 14.6. The SMILES string of the molecule is CCCCCCCCCCCCCCNC(=O)C1CC(=O)N(Cc2ccc(C(=O)OC(C)(C)C)cc2)C1. The van der Waals surface area contributed by atoms with E-state index in [9.17, 15) is 14.4 Å². The van der Waals surface area contributed by atoms with Gasteiger partial charge in [0.15, 0.2) is 0 Å². The van der Waals surface area contributed by atoms with Gasteiger partial charge in [-0.1, -0.05) is 89.7 Å². The van der Waals surface area contributed by atoms with Gasteiger partial charge in [-0.15, -0.1) is 0 Å². The smallest absolute Gasteiger partial charge is 0.338 e. The van der Waals surface area contributed by atoms with Gasteiger partial charge in [-0.3, -0.25) is 9.59 Å². The quantitative estimate of drug-likeness (QED) is 0.183. The zero-order valence-corrected chi connectivity index (χ0v) is 23.8. The molecule has 0 bridgehead atoms. The van der Waals surface area contributed by atoms with Gasteiger partial charge in [0, 0.05) is 26.1 Å². The molecule has 1 fully saturated rings. The highest BCUT2D eigenvalue weighted by Crippen LogP contribution is 2.21. The van der Waals surface area contributed by atoms with Crippen molar-refractivity contribution >= 4 is 17.8 Å². The second-order valence-electron chi connectivity index (χ2n) is 11.6. The zero-order valence-electron chi connectivity index (χ0n) is 23.8. The number of carbonyl (C=O) groups is 3. The molecule has 1 aromatic rings. The van der Waals surface area contributed by atoms with Gasteiger partial charge in [0.1, 0.15) is 5.60 Å². The lowest BCUT2D eigenvalue weighted by Gasteiger charge is -2.20. The van der Waals surface area contributed by atoms with Crippen LogP contribution in [0.25, 0.3) is 0 Å². The largest absolute Gasteiger partial charge is 0.456 e. The van der Waals surface area contributed by atoms with Gasteiger partial charge in [-0.05, 0) is 44.9 Å². The standard InChI is InChI=1S/C31H50N2O4/c1-5-6-7-8-9-10-11-12-13-14-15-16-21-32-29(35)27-22-28(34)33(24-27)23-25-17-19-26(20-18-25)30(36)37-31(2,3)4/h17-20,27H,5-16,21-24H2,1-4H3,(H,32,35). The second-order valence-corrected chi connectivity index (χ2v) is 11.6. The van der Waals surface area contributed by atoms with Crippen LogP contribution in [0, 0.1) is 5.92 Å². The Hall–Kier alpha value is -2.37. The van der Waals surface area contributed by atoms with Crippen molar-refractivity contribution in [1.29, 1.82) is 0 Å². The van der Waals surface area contributed by atoms with Gasteiger partial charge in [-0.2, -0.15) is 0 Å². The van der Waals surface area contributed by atoms with E-state index < -0.39 is 5.60 Å². The number of esters is 1. The Morgan fingerprint density at radius 1 is 0.892 bits per heavy atom. The Kier molecular flexibility index (Phi) is 13.7. The summed E-state index contributed by atoms with van der Waals surface area (Å²) in [6.07, 6.45) is 15.8. The Morgan fingerprint density at radius 3 is 1.97 bits per heavy atom. The number of amides is 2. The van der Waals surface area contributed by atoms with Crippen molar-refractivity contribution in [1.82, 2.24) is 10.2 Å². The van der Waals surface area contributed by atoms with Gasteiger partial charge >= 0.3 is 5.97 Å². The first-order chi connectivity index (χ1) is 17.7. The minimum Gasteiger partial charge on any atom is -0.456 e. The van der Waals surface area contributed by atoms with Gasteiger partial charge in [0.05, 0.1) is 11.5 Å². The Labute approximate surface area is 224 Å². The van der Waals surface area contributed by atoms with E-state index in [1.165, 1.54) is 64.2 Å². The molecule has 1 unspecified atom stereocenters. The molecule has 6 nitrogen and oxygen atoms in total. The summed E-state index contributed by atoms with van der Waals surface area (Å²) in [7, 11) is 0. The lowest BCUT2D eigenvalue weighted by molar-refractivity contribution is -0.129. The van der Waals surface area contributed by atoms with Crippen LogP contribution in [0.3, 0.4) is 0 Å². The number of hydrogen-bond acceptors (Lipinski definition) is 4. The van der Waals surface area contributed by atoms with Crippen LogP contribution in [0.15, 0.2) is 24.3 Å². The highest BCUT2D eigenvalue weighted by atomic mass is 16.6. The maximum Gasteiger partial charge on any atom is 0.338 e. The predicted molar refractivity (Wildman–Crippen MR) is 149 cm³/mol. The number of benzene rings is 1. The summed E-state index contributed by atoms with van der Waals surface area (Å²) in [6, 6.07) is 7.13. The fourth-order valence-corrected chi connectivity index (χ4v) is 4.73. The lowest BCUT2D eigenvalue weighted by atomic mass is 10.1. The summed E-state index contributed by atoms with van der Waals surface area (Å²) in [5.74, 6) is -0.659. The van der Waals surface area contributed by atoms with Crippen LogP contribution in [0.5, 0.6) is 0 Å². The lowest BCUT2D eigenvalue weighted by Crippen LogP contribution is -2.33. The molecule has 2 amide bonds. The van der Waals surface area contributed by atoms with E-state index in [-0.39, 0.29) is 30.1 Å². The van der Waals surface area contributed by atoms with E-state index >= 15 is 0 Å². The highest BCUT2D eigenvalue weighted by Gasteiger charge is 2.34. The van der Waals surface area contributed by atoms with Crippen molar-refractivity contribution in [2.75, 3.05) is 13.1 Å². The molecule has 1 atom stereocenters. The Balaban J connectivity index is 1.58. The minimum atomic E-state index is -0.541. The summed E-state index contributed by atoms with van der Waals surface area (Å²) in [4.78, 5) is 39.0. The molecule has 0 saturated carbocycles. The number of nitrogens with one attached hydrogen (secondary N) is 1. The van der Waals surface area contributed by atoms with Gasteiger partial charge in [-0.25, -0.2) is 4.79 Å². The molecule has 6 heteroatoms. The Bertz CT molecular complexity index is 829. The third kappa shape index (κ3) is 12.6. The molecule has 2 rings (SSSR count). The molecule has 1 aliphatic heterocycles. The predicted octanol–water partition coefficient (Wildman–Crippen LogP) is 6.81. The fourth-order valence-electron chi connectivity index (χ4n) is 4.73. The summed E-state index contributed by atoms with van der Waals surface area (Å²) >= 11 is 0. The number of ether oxygens (including phenoxy) is 1. The van der Waals surface area contributed by atoms with E-state index in [2.05, 4.69) is 12.2 Å². The molecular weight excluding hydrogens is 464 g/mol. The Morgan fingerprint density at radius 2 is 1.43 bits per heavy atom. The van der Waals surface area contributed by atoms with Crippen molar-refractivity contribution in [3.8, 4) is 0 Å². The zero-order chi connectivity index (χ0) is 27.1. The summed E-state index contributed by atoms with van der Waals surface area (Å²) in [5.41, 5.74) is 0.875. The van der Waals surface area contributed by atoms with E-state index in [4.69, 9.17) is 4.74 Å². The monoisotopic (exact) mass is 514 g/mol. The molecule has 1 aliphatic rings. The van der Waals surface area contributed by atoms with Gasteiger partial charge in [0.25, 0.3) is 0 Å². The molecule has 1 heterocycles. The topological polar surface area (TPSA) is 75.7 Å². The van der Waals surface area contributed by atoms with Crippen LogP contribution < -0.4 is 5.32 Å². The average Bonchev–Trinajstić information content (AvgIpc) is 3.21. The molecule has 0 aromatic heterocycles. The third-order valence-electron chi connectivity index (χ3n) is 6.88. The van der Waals surface area contributed by atoms with Crippen LogP contribution in [-0.4, -0.2) is 41.4 Å². The van der Waals surface area contributed by atoms with E-state index in [1.807, 2.05) is 32.9 Å². The number of hydrogen-bond donors (Lipinski definition) is 1. The summed E-state index contributed by atoms with van der Waals surface area (Å²) in [5, 5.41) is 3.03. The highest BCUT2D eigenvalue weighted by molar-refractivity contribution is 5.90. The van der Waals surface area contributed by atoms with Crippen molar-refractivity contribution in [3.05, 3.63) is 35.4 Å². The van der Waals surface area contributed by atoms with Crippen LogP contribution in [-0.2, 0) is 20.9 Å². The molecule has 1 N–H and O–H groups in total. The van der Waals surface area contributed by atoms with Crippen molar-refractivity contribution in [2.24, 2.45) is 5.92 Å². The molecule has 208 valence electrons. The molecule has 0 aliphatic carbocycles. The molecular formula is C31H50N2O4. The number of nitrogens with zero attached hydrogens (tertiary/aromatic N) is 1. The minimum absolute atomic E-state index is 0.00160. The van der Waals surface area contributed by atoms with E-state index in [0.717, 1.165) is 18.4 Å². The first kappa shape index (κ1) is 30.9. The number of carbonyl (C=O) groups excluding carboxylic acids is 3. The van der Waals surface area contributed by atoms with Gasteiger partial charge in [0.2, 0.25) is 11.8 Å². The third-order valence-corrected chi connectivity index (χ3v) is 6.88. The first-order valence-corrected chi connectivity index (χ1v) is 14.6. The van der Waals surface area contributed by atoms with Crippen molar-refractivity contribution in [3.63, 3.8) is 0 Å². The van der Waals surface area contributed by atoms with E-state index in [0.29, 0.717) is 25.2 Å². The van der Waals surface area contributed by atoms with Crippen molar-refractivity contribution < 1.29 is 19.1 Å². The molecule has 37 heavy (non-hydrogen) atoms. The van der Waals surface area contributed by atoms with Crippen LogP contribution >= 0.6 is 0 Å². The summed E-state index contributed by atoms with van der Waals surface area (Å²) < 4.78 is 5.39. The molecule has 1 aromatic carbocycles. The average molecular weight is 515 g/mol. The van der Waals surface area contributed by atoms with E-state index in [1.54, 1.807) is 17.0 Å². The molecule has 0 spiro atoms. The van der Waals surface area contributed by atoms with Gasteiger partial charge < -0.3 is 15.0 Å². The number of rotatable bonds is 17. The van der Waals surface area contributed by atoms with Crippen molar-refractivity contribution in [2.45, 2.75) is 123 Å². The van der Waals surface area contributed by atoms with Crippen LogP contribution in [0.2, 0.25) is 0 Å². The van der Waals surface area contributed by atoms with Crippen LogP contribution in [0.4, 0.5) is 0 Å². The number of unbranched alkanes of at least 4 members (excludes halogenated alkanes) is 11. The maximum absolute atomic E-state index is 12.6. The number of likely N-dealkylation sites (tertiary alicyclic amines) is 1. The second kappa shape index (κ2) is 16.5. The molecule has 1 saturated heterocycles. The maximum atomic E-state index is 12.6. The fraction of sp³-hybridized carbons (Fsp3) is 0.710.